The minimum absolute atomic E-state index is 0.00133. The van der Waals surface area contributed by atoms with Crippen molar-refractivity contribution in [3.63, 3.8) is 0 Å². The molecule has 1 amide bonds. The van der Waals surface area contributed by atoms with Crippen LogP contribution in [0, 0.1) is 6.92 Å². The third kappa shape index (κ3) is 7.63. The van der Waals surface area contributed by atoms with Gasteiger partial charge in [0.2, 0.25) is 0 Å². The Kier molecular flexibility index (Phi) is 9.38. The Balaban J connectivity index is 2.06. The number of nitrogens with zero attached hydrogens (tertiary/aromatic N) is 2. The highest BCUT2D eigenvalue weighted by Crippen LogP contribution is 2.22. The zero-order chi connectivity index (χ0) is 22.8. The monoisotopic (exact) mass is 424 g/mol. The number of amides is 1. The number of aliphatic imine (C=N–C) groups is 1. The second-order valence-electron chi connectivity index (χ2n) is 7.89. The molecular formula is C25H36N4O2. The zero-order valence-corrected chi connectivity index (χ0v) is 19.7. The molecule has 0 heterocycles. The summed E-state index contributed by atoms with van der Waals surface area (Å²) in [6.07, 6.45) is 1.13. The number of rotatable bonds is 9. The molecule has 168 valence electrons. The molecule has 0 aliphatic rings. The lowest BCUT2D eigenvalue weighted by atomic mass is 10.1. The molecule has 6 nitrogen and oxygen atoms in total. The lowest BCUT2D eigenvalue weighted by Crippen LogP contribution is -2.37. The number of aryl methyl sites for hydroxylation is 1. The van der Waals surface area contributed by atoms with E-state index in [0.717, 1.165) is 35.8 Å². The van der Waals surface area contributed by atoms with E-state index in [9.17, 15) is 4.79 Å². The van der Waals surface area contributed by atoms with E-state index in [1.807, 2.05) is 31.2 Å². The number of benzene rings is 2. The quantitative estimate of drug-likeness (QED) is 0.469. The van der Waals surface area contributed by atoms with Gasteiger partial charge in [-0.3, -0.25) is 4.79 Å². The van der Waals surface area contributed by atoms with Crippen molar-refractivity contribution in [2.75, 3.05) is 20.6 Å². The number of nitrogens with one attached hydrogen (secondary N) is 2. The molecule has 0 saturated carbocycles. The molecule has 0 aliphatic carbocycles. The first-order chi connectivity index (χ1) is 14.8. The van der Waals surface area contributed by atoms with E-state index in [4.69, 9.17) is 9.73 Å². The Labute approximate surface area is 186 Å². The summed E-state index contributed by atoms with van der Waals surface area (Å²) in [5, 5.41) is 6.69. The normalized spacial score (nSPS) is 12.3. The molecule has 0 fully saturated rings. The Hall–Kier alpha value is -3.02. The van der Waals surface area contributed by atoms with Crippen molar-refractivity contribution >= 4 is 11.9 Å². The van der Waals surface area contributed by atoms with E-state index >= 15 is 0 Å². The van der Waals surface area contributed by atoms with Crippen LogP contribution in [-0.2, 0) is 13.1 Å². The minimum atomic E-state index is -0.00133. The second kappa shape index (κ2) is 12.0. The summed E-state index contributed by atoms with van der Waals surface area (Å²) in [6.45, 7) is 10.2. The highest BCUT2D eigenvalue weighted by molar-refractivity contribution is 5.93. The minimum Gasteiger partial charge on any atom is -0.490 e. The molecular weight excluding hydrogens is 388 g/mol. The van der Waals surface area contributed by atoms with Gasteiger partial charge in [0, 0.05) is 38.3 Å². The maximum Gasteiger partial charge on any atom is 0.253 e. The highest BCUT2D eigenvalue weighted by Gasteiger charge is 2.10. The first kappa shape index (κ1) is 24.3. The predicted octanol–water partition coefficient (Wildman–Crippen LogP) is 4.13. The molecule has 0 radical (unpaired) electrons. The third-order valence-corrected chi connectivity index (χ3v) is 4.94. The van der Waals surface area contributed by atoms with Crippen molar-refractivity contribution in [3.05, 3.63) is 64.7 Å². The van der Waals surface area contributed by atoms with Gasteiger partial charge in [-0.05, 0) is 56.5 Å². The average molecular weight is 425 g/mol. The van der Waals surface area contributed by atoms with Crippen LogP contribution in [0.1, 0.15) is 54.2 Å². The standard InChI is InChI=1S/C25H36N4O2/c1-7-19(4)31-23-15-18(3)9-12-22(23)17-28-25(26-8-2)27-16-20-10-13-21(14-11-20)24(30)29(5)6/h9-15,19H,7-8,16-17H2,1-6H3,(H2,26,27,28). The van der Waals surface area contributed by atoms with Gasteiger partial charge in [-0.25, -0.2) is 4.99 Å². The van der Waals surface area contributed by atoms with Gasteiger partial charge in [-0.15, -0.1) is 0 Å². The summed E-state index contributed by atoms with van der Waals surface area (Å²) in [7, 11) is 3.50. The van der Waals surface area contributed by atoms with Crippen molar-refractivity contribution in [1.82, 2.24) is 15.5 Å². The first-order valence-corrected chi connectivity index (χ1v) is 10.9. The van der Waals surface area contributed by atoms with Crippen LogP contribution in [0.15, 0.2) is 47.5 Å². The van der Waals surface area contributed by atoms with Gasteiger partial charge in [0.1, 0.15) is 5.75 Å². The van der Waals surface area contributed by atoms with Crippen molar-refractivity contribution in [3.8, 4) is 5.75 Å². The van der Waals surface area contributed by atoms with Crippen molar-refractivity contribution in [1.29, 1.82) is 0 Å². The molecule has 2 aromatic rings. The van der Waals surface area contributed by atoms with Gasteiger partial charge in [0.15, 0.2) is 5.96 Å². The van der Waals surface area contributed by atoms with Crippen LogP contribution in [0.2, 0.25) is 0 Å². The van der Waals surface area contributed by atoms with E-state index < -0.39 is 0 Å². The maximum absolute atomic E-state index is 12.0. The van der Waals surface area contributed by atoms with E-state index in [0.29, 0.717) is 18.7 Å². The number of ether oxygens (including phenoxy) is 1. The van der Waals surface area contributed by atoms with Gasteiger partial charge in [0.25, 0.3) is 5.91 Å². The van der Waals surface area contributed by atoms with Crippen LogP contribution in [0.25, 0.3) is 0 Å². The average Bonchev–Trinajstić information content (AvgIpc) is 2.76. The summed E-state index contributed by atoms with van der Waals surface area (Å²) in [5.41, 5.74) is 4.00. The van der Waals surface area contributed by atoms with Crippen LogP contribution < -0.4 is 15.4 Å². The van der Waals surface area contributed by atoms with Crippen LogP contribution in [-0.4, -0.2) is 43.5 Å². The van der Waals surface area contributed by atoms with Crippen molar-refractivity contribution in [2.45, 2.75) is 53.3 Å². The lowest BCUT2D eigenvalue weighted by Gasteiger charge is -2.18. The van der Waals surface area contributed by atoms with Crippen LogP contribution >= 0.6 is 0 Å². The molecule has 1 atom stereocenters. The lowest BCUT2D eigenvalue weighted by molar-refractivity contribution is 0.0827. The molecule has 2 N–H and O–H groups in total. The molecule has 31 heavy (non-hydrogen) atoms. The first-order valence-electron chi connectivity index (χ1n) is 10.9. The summed E-state index contributed by atoms with van der Waals surface area (Å²) in [4.78, 5) is 18.3. The maximum atomic E-state index is 12.0. The van der Waals surface area contributed by atoms with Gasteiger partial charge in [-0.1, -0.05) is 31.2 Å². The number of guanidine groups is 1. The molecule has 0 aliphatic heterocycles. The summed E-state index contributed by atoms with van der Waals surface area (Å²) >= 11 is 0. The van der Waals surface area contributed by atoms with Crippen LogP contribution in [0.5, 0.6) is 5.75 Å². The summed E-state index contributed by atoms with van der Waals surface area (Å²) in [5.74, 6) is 1.66. The molecule has 0 spiro atoms. The SMILES string of the molecule is CCNC(=NCc1ccc(C(=O)N(C)C)cc1)NCc1ccc(C)cc1OC(C)CC. The molecule has 2 rings (SSSR count). The van der Waals surface area contributed by atoms with Gasteiger partial charge >= 0.3 is 0 Å². The highest BCUT2D eigenvalue weighted by atomic mass is 16.5. The van der Waals surface area contributed by atoms with Gasteiger partial charge in [0.05, 0.1) is 12.6 Å². The molecule has 6 heteroatoms. The van der Waals surface area contributed by atoms with Crippen molar-refractivity contribution < 1.29 is 9.53 Å². The van der Waals surface area contributed by atoms with E-state index in [-0.39, 0.29) is 12.0 Å². The van der Waals surface area contributed by atoms with E-state index in [1.54, 1.807) is 19.0 Å². The molecule has 1 unspecified atom stereocenters. The number of hydrogen-bond acceptors (Lipinski definition) is 3. The molecule has 0 bridgehead atoms. The number of carbonyl (C=O) groups is 1. The molecule has 0 saturated heterocycles. The Bertz CT molecular complexity index is 876. The summed E-state index contributed by atoms with van der Waals surface area (Å²) < 4.78 is 6.11. The van der Waals surface area contributed by atoms with E-state index in [2.05, 4.69) is 49.6 Å². The Morgan fingerprint density at radius 2 is 1.81 bits per heavy atom. The largest absolute Gasteiger partial charge is 0.490 e. The third-order valence-electron chi connectivity index (χ3n) is 4.94. The fraction of sp³-hybridized carbons (Fsp3) is 0.440. The van der Waals surface area contributed by atoms with Gasteiger partial charge < -0.3 is 20.3 Å². The number of carbonyl (C=O) groups excluding carboxylic acids is 1. The van der Waals surface area contributed by atoms with Gasteiger partial charge in [-0.2, -0.15) is 0 Å². The number of hydrogen-bond donors (Lipinski definition) is 2. The predicted molar refractivity (Wildman–Crippen MR) is 128 cm³/mol. The molecule has 0 aromatic heterocycles. The Morgan fingerprint density at radius 1 is 1.10 bits per heavy atom. The second-order valence-corrected chi connectivity index (χ2v) is 7.89. The van der Waals surface area contributed by atoms with Crippen LogP contribution in [0.4, 0.5) is 0 Å². The van der Waals surface area contributed by atoms with E-state index in [1.165, 1.54) is 5.56 Å². The topological polar surface area (TPSA) is 66.0 Å². The van der Waals surface area contributed by atoms with Crippen molar-refractivity contribution in [2.24, 2.45) is 4.99 Å². The summed E-state index contributed by atoms with van der Waals surface area (Å²) in [6, 6.07) is 13.9. The van der Waals surface area contributed by atoms with Crippen LogP contribution in [0.3, 0.4) is 0 Å². The zero-order valence-electron chi connectivity index (χ0n) is 19.7. The fourth-order valence-corrected chi connectivity index (χ4v) is 2.92. The molecule has 2 aromatic carbocycles. The fourth-order valence-electron chi connectivity index (χ4n) is 2.92. The Morgan fingerprint density at radius 3 is 2.42 bits per heavy atom. The smallest absolute Gasteiger partial charge is 0.253 e.